The molecule has 0 unspecified atom stereocenters. The maximum absolute atomic E-state index is 10.5. The van der Waals surface area contributed by atoms with Gasteiger partial charge in [0.15, 0.2) is 11.5 Å². The first kappa shape index (κ1) is 17.0. The highest BCUT2D eigenvalue weighted by Crippen LogP contribution is 2.56. The van der Waals surface area contributed by atoms with Crippen LogP contribution in [0.3, 0.4) is 0 Å². The van der Waals surface area contributed by atoms with Gasteiger partial charge in [0.1, 0.15) is 12.6 Å². The summed E-state index contributed by atoms with van der Waals surface area (Å²) in [5.74, 6) is 1.62. The number of rotatable bonds is 1. The molecular weight excluding hydrogens is 405 g/mol. The largest absolute Gasteiger partial charge is 1.00 e. The van der Waals surface area contributed by atoms with Crippen LogP contribution in [0.15, 0.2) is 24.3 Å². The van der Waals surface area contributed by atoms with Crippen molar-refractivity contribution in [3.8, 4) is 11.5 Å². The summed E-state index contributed by atoms with van der Waals surface area (Å²) >= 11 is 0. The van der Waals surface area contributed by atoms with Gasteiger partial charge in [0, 0.05) is 17.5 Å². The van der Waals surface area contributed by atoms with Crippen LogP contribution in [0, 0.1) is 0 Å². The van der Waals surface area contributed by atoms with Crippen LogP contribution >= 0.6 is 0 Å². The summed E-state index contributed by atoms with van der Waals surface area (Å²) < 4.78 is 12.7. The summed E-state index contributed by atoms with van der Waals surface area (Å²) in [4.78, 5) is 0. The van der Waals surface area contributed by atoms with E-state index in [2.05, 4.69) is 32.3 Å². The van der Waals surface area contributed by atoms with E-state index in [0.29, 0.717) is 6.42 Å². The second kappa shape index (κ2) is 5.63. The normalized spacial score (nSPS) is 32.9. The first-order chi connectivity index (χ1) is 10.5. The SMILES string of the molecule is COc1ccc2c3c1O[C@H]1[C@@H](O)CC=C[C@@]31CC[N+](C)(C)C2.[I-]. The standard InChI is InChI=1S/C18H24NO3.HI/c1-19(2)10-9-18-8-4-5-13(20)17(18)22-16-14(21-3)7-6-12(11-19)15(16)18;/h4,6-8,13,17,20H,5,9-11H2,1-3H3;1H/q+1;/p-1/t13-,17-,18+;/m0./s1. The molecule has 1 aliphatic carbocycles. The van der Waals surface area contributed by atoms with Crippen LogP contribution < -0.4 is 33.5 Å². The second-order valence-electron chi connectivity index (χ2n) is 7.48. The summed E-state index contributed by atoms with van der Waals surface area (Å²) in [6.45, 7) is 2.04. The Balaban J connectivity index is 0.00000156. The van der Waals surface area contributed by atoms with E-state index in [1.165, 1.54) is 11.1 Å². The van der Waals surface area contributed by atoms with Gasteiger partial charge in [0.25, 0.3) is 0 Å². The van der Waals surface area contributed by atoms with Gasteiger partial charge in [-0.15, -0.1) is 0 Å². The van der Waals surface area contributed by atoms with Gasteiger partial charge in [-0.05, 0) is 18.6 Å². The molecule has 1 spiro atoms. The average molecular weight is 429 g/mol. The Bertz CT molecular complexity index is 658. The van der Waals surface area contributed by atoms with E-state index < -0.39 is 6.10 Å². The quantitative estimate of drug-likeness (QED) is 0.354. The van der Waals surface area contributed by atoms with Crippen LogP contribution in [0.4, 0.5) is 0 Å². The van der Waals surface area contributed by atoms with Crippen molar-refractivity contribution >= 4 is 0 Å². The van der Waals surface area contributed by atoms with Crippen LogP contribution in [0.25, 0.3) is 0 Å². The highest BCUT2D eigenvalue weighted by Gasteiger charge is 2.56. The lowest BCUT2D eigenvalue weighted by Gasteiger charge is -2.37. The Morgan fingerprint density at radius 1 is 1.35 bits per heavy atom. The van der Waals surface area contributed by atoms with Crippen molar-refractivity contribution < 1.29 is 43.0 Å². The topological polar surface area (TPSA) is 38.7 Å². The molecule has 1 aromatic carbocycles. The average Bonchev–Trinajstić information content (AvgIpc) is 2.78. The van der Waals surface area contributed by atoms with Gasteiger partial charge in [0.05, 0.1) is 39.3 Å². The second-order valence-corrected chi connectivity index (χ2v) is 7.48. The van der Waals surface area contributed by atoms with Gasteiger partial charge < -0.3 is 43.0 Å². The van der Waals surface area contributed by atoms with Gasteiger partial charge in [-0.3, -0.25) is 0 Å². The van der Waals surface area contributed by atoms with Crippen molar-refractivity contribution in [1.82, 2.24) is 0 Å². The molecule has 3 atom stereocenters. The third kappa shape index (κ3) is 2.39. The zero-order valence-corrected chi connectivity index (χ0v) is 16.0. The van der Waals surface area contributed by atoms with Gasteiger partial charge in [0.2, 0.25) is 0 Å². The van der Waals surface area contributed by atoms with E-state index in [-0.39, 0.29) is 35.5 Å². The fourth-order valence-electron chi connectivity index (χ4n) is 4.42. The number of nitrogens with zero attached hydrogens (tertiary/aromatic N) is 1. The highest BCUT2D eigenvalue weighted by molar-refractivity contribution is 5.60. The number of hydrogen-bond donors (Lipinski definition) is 1. The third-order valence-electron chi connectivity index (χ3n) is 5.52. The molecule has 4 nitrogen and oxygen atoms in total. The minimum Gasteiger partial charge on any atom is -1.00 e. The minimum atomic E-state index is -0.455. The van der Waals surface area contributed by atoms with E-state index in [9.17, 15) is 5.11 Å². The summed E-state index contributed by atoms with van der Waals surface area (Å²) in [5.41, 5.74) is 2.36. The Hall–Kier alpha value is -0.790. The molecule has 126 valence electrons. The Morgan fingerprint density at radius 3 is 2.87 bits per heavy atom. The molecule has 0 saturated heterocycles. The molecule has 0 radical (unpaired) electrons. The molecule has 0 amide bonds. The Morgan fingerprint density at radius 2 is 2.13 bits per heavy atom. The van der Waals surface area contributed by atoms with E-state index >= 15 is 0 Å². The van der Waals surface area contributed by atoms with Crippen LogP contribution in [0.1, 0.15) is 24.0 Å². The zero-order chi connectivity index (χ0) is 15.5. The summed E-state index contributed by atoms with van der Waals surface area (Å²) in [7, 11) is 6.22. The fraction of sp³-hybridized carbons (Fsp3) is 0.556. The molecule has 2 aliphatic heterocycles. The fourth-order valence-corrected chi connectivity index (χ4v) is 4.42. The lowest BCUT2D eigenvalue weighted by atomic mass is 9.68. The zero-order valence-electron chi connectivity index (χ0n) is 13.9. The summed E-state index contributed by atoms with van der Waals surface area (Å²) in [6, 6.07) is 4.17. The molecule has 0 aromatic heterocycles. The number of benzene rings is 1. The smallest absolute Gasteiger partial charge is 0.166 e. The number of hydrogen-bond acceptors (Lipinski definition) is 3. The van der Waals surface area contributed by atoms with Crippen LogP contribution in [0.5, 0.6) is 11.5 Å². The van der Waals surface area contributed by atoms with Crippen molar-refractivity contribution in [2.75, 3.05) is 27.7 Å². The molecule has 23 heavy (non-hydrogen) atoms. The molecule has 0 fully saturated rings. The molecule has 4 rings (SSSR count). The number of ether oxygens (including phenoxy) is 2. The van der Waals surface area contributed by atoms with E-state index in [1.807, 2.05) is 6.07 Å². The van der Waals surface area contributed by atoms with E-state index in [1.54, 1.807) is 7.11 Å². The minimum absolute atomic E-state index is 0. The first-order valence-corrected chi connectivity index (χ1v) is 8.02. The monoisotopic (exact) mass is 429 g/mol. The number of quaternary nitrogens is 1. The lowest BCUT2D eigenvalue weighted by Crippen LogP contribution is -3.00. The van der Waals surface area contributed by atoms with Gasteiger partial charge in [-0.25, -0.2) is 0 Å². The highest BCUT2D eigenvalue weighted by atomic mass is 127. The van der Waals surface area contributed by atoms with Crippen molar-refractivity contribution in [3.63, 3.8) is 0 Å². The summed E-state index contributed by atoms with van der Waals surface area (Å²) in [6.07, 6.45) is 5.41. The molecule has 0 saturated carbocycles. The predicted octanol–water partition coefficient (Wildman–Crippen LogP) is -1.00. The number of aliphatic hydroxyl groups is 1. The van der Waals surface area contributed by atoms with Crippen LogP contribution in [-0.4, -0.2) is 49.5 Å². The first-order valence-electron chi connectivity index (χ1n) is 8.02. The van der Waals surface area contributed by atoms with Crippen molar-refractivity contribution in [1.29, 1.82) is 0 Å². The maximum Gasteiger partial charge on any atom is 0.166 e. The molecule has 0 bridgehead atoms. The summed E-state index contributed by atoms with van der Waals surface area (Å²) in [5, 5.41) is 10.5. The Labute approximate surface area is 154 Å². The molecule has 1 aromatic rings. The molecular formula is C18H24INO3. The van der Waals surface area contributed by atoms with Crippen LogP contribution in [0.2, 0.25) is 0 Å². The number of methoxy groups -OCH3 is 1. The molecule has 3 aliphatic rings. The van der Waals surface area contributed by atoms with Crippen molar-refractivity contribution in [2.45, 2.75) is 37.0 Å². The van der Waals surface area contributed by atoms with E-state index in [4.69, 9.17) is 9.47 Å². The Kier molecular flexibility index (Phi) is 4.18. The van der Waals surface area contributed by atoms with Crippen LogP contribution in [-0.2, 0) is 12.0 Å². The van der Waals surface area contributed by atoms with Crippen molar-refractivity contribution in [2.24, 2.45) is 0 Å². The van der Waals surface area contributed by atoms with Gasteiger partial charge in [-0.2, -0.15) is 0 Å². The molecule has 5 heteroatoms. The van der Waals surface area contributed by atoms with E-state index in [0.717, 1.165) is 35.5 Å². The number of halogens is 1. The molecule has 1 N–H and O–H groups in total. The third-order valence-corrected chi connectivity index (χ3v) is 5.52. The number of aliphatic hydroxyl groups excluding tert-OH is 1. The van der Waals surface area contributed by atoms with Gasteiger partial charge in [-0.1, -0.05) is 12.2 Å². The lowest BCUT2D eigenvalue weighted by molar-refractivity contribution is -0.903. The van der Waals surface area contributed by atoms with Gasteiger partial charge >= 0.3 is 0 Å². The predicted molar refractivity (Wildman–Crippen MR) is 84.1 cm³/mol. The molecule has 2 heterocycles. The van der Waals surface area contributed by atoms with Crippen molar-refractivity contribution in [3.05, 3.63) is 35.4 Å². The maximum atomic E-state index is 10.5.